The van der Waals surface area contributed by atoms with Gasteiger partial charge in [0.15, 0.2) is 5.96 Å². The van der Waals surface area contributed by atoms with Crippen LogP contribution in [0.5, 0.6) is 0 Å². The molecule has 1 saturated heterocycles. The zero-order valence-corrected chi connectivity index (χ0v) is 16.1. The van der Waals surface area contributed by atoms with Crippen LogP contribution >= 0.6 is 0 Å². The van der Waals surface area contributed by atoms with Gasteiger partial charge in [-0.1, -0.05) is 36.8 Å². The second-order valence-corrected chi connectivity index (χ2v) is 7.82. The number of benzene rings is 2. The average molecular weight is 363 g/mol. The Balaban J connectivity index is 1.30. The van der Waals surface area contributed by atoms with Crippen molar-refractivity contribution in [3.63, 3.8) is 0 Å². The summed E-state index contributed by atoms with van der Waals surface area (Å²) in [6.45, 7) is 4.13. The molecule has 2 aromatic rings. The Morgan fingerprint density at radius 2 is 1.63 bits per heavy atom. The van der Waals surface area contributed by atoms with Crippen LogP contribution in [-0.4, -0.2) is 23.9 Å². The van der Waals surface area contributed by atoms with E-state index in [-0.39, 0.29) is 0 Å². The first-order chi connectivity index (χ1) is 13.3. The van der Waals surface area contributed by atoms with E-state index >= 15 is 0 Å². The van der Waals surface area contributed by atoms with E-state index in [9.17, 15) is 0 Å². The molecule has 0 saturated carbocycles. The smallest absolute Gasteiger partial charge is 0.193 e. The van der Waals surface area contributed by atoms with Crippen LogP contribution in [0.25, 0.3) is 0 Å². The topological polar surface area (TPSA) is 53.6 Å². The molecule has 0 unspecified atom stereocenters. The van der Waals surface area contributed by atoms with E-state index in [1.54, 1.807) is 0 Å². The highest BCUT2D eigenvalue weighted by Crippen LogP contribution is 2.24. The summed E-state index contributed by atoms with van der Waals surface area (Å²) in [6, 6.07) is 15.3. The van der Waals surface area contributed by atoms with Gasteiger partial charge in [-0.2, -0.15) is 0 Å². The highest BCUT2D eigenvalue weighted by atomic mass is 15.1. The van der Waals surface area contributed by atoms with Crippen LogP contribution in [0.1, 0.15) is 47.9 Å². The van der Waals surface area contributed by atoms with Crippen molar-refractivity contribution in [1.29, 1.82) is 0 Å². The maximum atomic E-state index is 6.08. The van der Waals surface area contributed by atoms with Crippen LogP contribution in [0.15, 0.2) is 47.5 Å². The van der Waals surface area contributed by atoms with Gasteiger partial charge in [-0.3, -0.25) is 4.90 Å². The Morgan fingerprint density at radius 1 is 0.889 bits per heavy atom. The zero-order chi connectivity index (χ0) is 18.5. The van der Waals surface area contributed by atoms with Gasteiger partial charge in [-0.15, -0.1) is 0 Å². The van der Waals surface area contributed by atoms with Crippen molar-refractivity contribution in [3.05, 3.63) is 64.7 Å². The predicted molar refractivity (Wildman–Crippen MR) is 113 cm³/mol. The number of likely N-dealkylation sites (tertiary alicyclic amines) is 1. The Morgan fingerprint density at radius 3 is 2.44 bits per heavy atom. The minimum Gasteiger partial charge on any atom is -0.370 e. The minimum atomic E-state index is 0.477. The molecular weight excluding hydrogens is 332 g/mol. The highest BCUT2D eigenvalue weighted by molar-refractivity contribution is 5.92. The number of piperidine rings is 1. The fourth-order valence-electron chi connectivity index (χ4n) is 4.14. The summed E-state index contributed by atoms with van der Waals surface area (Å²) in [5.41, 5.74) is 12.6. The van der Waals surface area contributed by atoms with Crippen LogP contribution in [-0.2, 0) is 25.9 Å². The number of hydrogen-bond donors (Lipinski definition) is 2. The summed E-state index contributed by atoms with van der Waals surface area (Å²) in [5, 5.41) is 3.23. The van der Waals surface area contributed by atoms with E-state index in [4.69, 9.17) is 5.73 Å². The van der Waals surface area contributed by atoms with Crippen molar-refractivity contribution in [2.45, 2.75) is 51.6 Å². The van der Waals surface area contributed by atoms with Gasteiger partial charge in [0.05, 0.1) is 6.54 Å². The number of fused-ring (bicyclic) bond motifs is 1. The number of rotatable bonds is 5. The number of aliphatic imine (C=N–C) groups is 1. The largest absolute Gasteiger partial charge is 0.370 e. The van der Waals surface area contributed by atoms with Gasteiger partial charge in [0.1, 0.15) is 0 Å². The number of hydrogen-bond acceptors (Lipinski definition) is 2. The molecule has 0 bridgehead atoms. The van der Waals surface area contributed by atoms with Crippen LogP contribution in [0.4, 0.5) is 5.69 Å². The first-order valence-electron chi connectivity index (χ1n) is 10.3. The lowest BCUT2D eigenvalue weighted by Crippen LogP contribution is -2.29. The lowest BCUT2D eigenvalue weighted by molar-refractivity contribution is 0.221. The van der Waals surface area contributed by atoms with E-state index in [0.29, 0.717) is 12.5 Å². The van der Waals surface area contributed by atoms with Crippen molar-refractivity contribution >= 4 is 11.6 Å². The molecule has 1 fully saturated rings. The minimum absolute atomic E-state index is 0.477. The molecule has 27 heavy (non-hydrogen) atoms. The van der Waals surface area contributed by atoms with Crippen molar-refractivity contribution in [2.75, 3.05) is 18.4 Å². The normalized spacial score (nSPS) is 17.7. The third-order valence-corrected chi connectivity index (χ3v) is 5.68. The van der Waals surface area contributed by atoms with Crippen molar-refractivity contribution < 1.29 is 0 Å². The third-order valence-electron chi connectivity index (χ3n) is 5.68. The SMILES string of the molecule is NC(=NCc1ccc(CN2CCCCC2)cc1)Nc1ccc2c(c1)CCC2. The molecule has 4 heteroatoms. The van der Waals surface area contributed by atoms with Gasteiger partial charge in [0.25, 0.3) is 0 Å². The van der Waals surface area contributed by atoms with E-state index in [0.717, 1.165) is 12.2 Å². The molecule has 4 rings (SSSR count). The Kier molecular flexibility index (Phi) is 5.73. The van der Waals surface area contributed by atoms with Crippen LogP contribution in [0.3, 0.4) is 0 Å². The van der Waals surface area contributed by atoms with Crippen molar-refractivity contribution in [1.82, 2.24) is 4.90 Å². The molecule has 3 N–H and O–H groups in total. The lowest BCUT2D eigenvalue weighted by Gasteiger charge is -2.26. The summed E-state index contributed by atoms with van der Waals surface area (Å²) in [5.74, 6) is 0.477. The number of nitrogens with one attached hydrogen (secondary N) is 1. The summed E-state index contributed by atoms with van der Waals surface area (Å²) < 4.78 is 0. The number of aryl methyl sites for hydroxylation is 2. The van der Waals surface area contributed by atoms with Gasteiger partial charge in [-0.25, -0.2) is 4.99 Å². The lowest BCUT2D eigenvalue weighted by atomic mass is 10.1. The summed E-state index contributed by atoms with van der Waals surface area (Å²) in [4.78, 5) is 7.05. The average Bonchev–Trinajstić information content (AvgIpc) is 3.16. The van der Waals surface area contributed by atoms with Crippen LogP contribution in [0.2, 0.25) is 0 Å². The maximum absolute atomic E-state index is 6.08. The maximum Gasteiger partial charge on any atom is 0.193 e. The standard InChI is InChI=1S/C23H30N4/c24-23(26-22-12-11-20-5-4-6-21(20)15-22)25-16-18-7-9-19(10-8-18)17-27-13-2-1-3-14-27/h7-12,15H,1-6,13-14,16-17H2,(H3,24,25,26). The molecule has 142 valence electrons. The van der Waals surface area contributed by atoms with Crippen LogP contribution in [0, 0.1) is 0 Å². The molecule has 0 radical (unpaired) electrons. The molecule has 2 aromatic carbocycles. The molecule has 0 atom stereocenters. The molecule has 2 aliphatic rings. The number of guanidine groups is 1. The highest BCUT2D eigenvalue weighted by Gasteiger charge is 2.11. The summed E-state index contributed by atoms with van der Waals surface area (Å²) >= 11 is 0. The van der Waals surface area contributed by atoms with Gasteiger partial charge in [0, 0.05) is 12.2 Å². The van der Waals surface area contributed by atoms with E-state index < -0.39 is 0 Å². The monoisotopic (exact) mass is 362 g/mol. The first kappa shape index (κ1) is 18.1. The Bertz CT molecular complexity index is 789. The van der Waals surface area contributed by atoms with Gasteiger partial charge < -0.3 is 11.1 Å². The van der Waals surface area contributed by atoms with Crippen LogP contribution < -0.4 is 11.1 Å². The van der Waals surface area contributed by atoms with Crippen molar-refractivity contribution in [3.8, 4) is 0 Å². The molecule has 0 amide bonds. The molecule has 0 spiro atoms. The zero-order valence-electron chi connectivity index (χ0n) is 16.1. The number of anilines is 1. The summed E-state index contributed by atoms with van der Waals surface area (Å²) in [6.07, 6.45) is 7.69. The molecule has 1 aliphatic carbocycles. The summed E-state index contributed by atoms with van der Waals surface area (Å²) in [7, 11) is 0. The third kappa shape index (κ3) is 4.89. The predicted octanol–water partition coefficient (Wildman–Crippen LogP) is 4.09. The van der Waals surface area contributed by atoms with Gasteiger partial charge in [0.2, 0.25) is 0 Å². The second kappa shape index (κ2) is 8.57. The Hall–Kier alpha value is -2.33. The van der Waals surface area contributed by atoms with Gasteiger partial charge in [-0.05, 0) is 79.6 Å². The number of nitrogens with two attached hydrogens (primary N) is 1. The number of nitrogens with zero attached hydrogens (tertiary/aromatic N) is 2. The van der Waals surface area contributed by atoms with Crippen molar-refractivity contribution in [2.24, 2.45) is 10.7 Å². The molecule has 1 heterocycles. The first-order valence-corrected chi connectivity index (χ1v) is 10.3. The van der Waals surface area contributed by atoms with E-state index in [1.165, 1.54) is 73.9 Å². The molecule has 4 nitrogen and oxygen atoms in total. The molecular formula is C23H30N4. The molecule has 0 aromatic heterocycles. The fraction of sp³-hybridized carbons (Fsp3) is 0.435. The fourth-order valence-corrected chi connectivity index (χ4v) is 4.14. The van der Waals surface area contributed by atoms with E-state index in [1.807, 2.05) is 0 Å². The molecule has 1 aliphatic heterocycles. The van der Waals surface area contributed by atoms with E-state index in [2.05, 4.69) is 57.7 Å². The second-order valence-electron chi connectivity index (χ2n) is 7.82. The Labute approximate surface area is 162 Å². The van der Waals surface area contributed by atoms with Gasteiger partial charge >= 0.3 is 0 Å². The quantitative estimate of drug-likeness (QED) is 0.622.